The van der Waals surface area contributed by atoms with Crippen LogP contribution in [0.25, 0.3) is 0 Å². The molecule has 0 radical (unpaired) electrons. The number of para-hydroxylation sites is 1. The van der Waals surface area contributed by atoms with E-state index >= 15 is 0 Å². The van der Waals surface area contributed by atoms with E-state index in [1.807, 2.05) is 17.0 Å². The Morgan fingerprint density at radius 2 is 1.71 bits per heavy atom. The predicted octanol–water partition coefficient (Wildman–Crippen LogP) is 3.37. The molecule has 1 atom stereocenters. The zero-order valence-electron chi connectivity index (χ0n) is 19.3. The van der Waals surface area contributed by atoms with Crippen molar-refractivity contribution in [2.24, 2.45) is 0 Å². The molecule has 2 fully saturated rings. The van der Waals surface area contributed by atoms with Crippen LogP contribution < -0.4 is 4.74 Å². The molecule has 0 bridgehead atoms. The number of carbonyl (C=O) groups excluding carboxylic acids is 1. The lowest BCUT2D eigenvalue weighted by Gasteiger charge is -2.39. The van der Waals surface area contributed by atoms with Crippen molar-refractivity contribution in [1.82, 2.24) is 14.7 Å². The van der Waals surface area contributed by atoms with E-state index < -0.39 is 11.7 Å². The standard InChI is InChI=1S/C25H30F3N3O3/c1-33-23-5-3-2-4-22(23)24(32)31-12-10-29(11-13-31)17-21-18-30(14-15-34-21)16-19-6-8-20(9-7-19)25(26,27)28/h2-9,21H,10-18H2,1H3. The molecule has 1 amide bonds. The first-order chi connectivity index (χ1) is 16.3. The van der Waals surface area contributed by atoms with Gasteiger partial charge in [0.25, 0.3) is 5.91 Å². The highest BCUT2D eigenvalue weighted by Gasteiger charge is 2.30. The molecule has 6 nitrogen and oxygen atoms in total. The van der Waals surface area contributed by atoms with E-state index in [9.17, 15) is 18.0 Å². The number of nitrogens with zero attached hydrogens (tertiary/aromatic N) is 3. The number of alkyl halides is 3. The maximum atomic E-state index is 12.9. The van der Waals surface area contributed by atoms with Gasteiger partial charge in [0.2, 0.25) is 0 Å². The van der Waals surface area contributed by atoms with Gasteiger partial charge in [-0.3, -0.25) is 14.6 Å². The normalized spacial score (nSPS) is 20.4. The molecule has 2 saturated heterocycles. The van der Waals surface area contributed by atoms with E-state index in [4.69, 9.17) is 9.47 Å². The molecule has 2 aromatic carbocycles. The van der Waals surface area contributed by atoms with E-state index in [1.165, 1.54) is 0 Å². The molecule has 9 heteroatoms. The number of ether oxygens (including phenoxy) is 2. The van der Waals surface area contributed by atoms with Crippen LogP contribution in [0.5, 0.6) is 5.75 Å². The number of benzene rings is 2. The summed E-state index contributed by atoms with van der Waals surface area (Å²) in [7, 11) is 1.56. The average Bonchev–Trinajstić information content (AvgIpc) is 2.84. The van der Waals surface area contributed by atoms with Crippen molar-refractivity contribution < 1.29 is 27.4 Å². The second kappa shape index (κ2) is 10.8. The molecular weight excluding hydrogens is 447 g/mol. The second-order valence-corrected chi connectivity index (χ2v) is 8.72. The van der Waals surface area contributed by atoms with Crippen LogP contribution in [0.15, 0.2) is 48.5 Å². The van der Waals surface area contributed by atoms with Crippen LogP contribution in [0, 0.1) is 0 Å². The molecule has 2 heterocycles. The van der Waals surface area contributed by atoms with Crippen LogP contribution in [0.4, 0.5) is 13.2 Å². The number of rotatable bonds is 6. The lowest BCUT2D eigenvalue weighted by atomic mass is 10.1. The van der Waals surface area contributed by atoms with E-state index in [2.05, 4.69) is 9.80 Å². The highest BCUT2D eigenvalue weighted by atomic mass is 19.4. The Kier molecular flexibility index (Phi) is 7.75. The quantitative estimate of drug-likeness (QED) is 0.639. The lowest BCUT2D eigenvalue weighted by Crippen LogP contribution is -2.53. The third-order valence-corrected chi connectivity index (χ3v) is 6.37. The van der Waals surface area contributed by atoms with E-state index in [0.29, 0.717) is 37.6 Å². The van der Waals surface area contributed by atoms with Crippen LogP contribution in [-0.2, 0) is 17.5 Å². The summed E-state index contributed by atoms with van der Waals surface area (Å²) in [5, 5.41) is 0. The van der Waals surface area contributed by atoms with Crippen LogP contribution in [0.3, 0.4) is 0 Å². The van der Waals surface area contributed by atoms with Gasteiger partial charge >= 0.3 is 6.18 Å². The second-order valence-electron chi connectivity index (χ2n) is 8.72. The number of hydrogen-bond acceptors (Lipinski definition) is 5. The summed E-state index contributed by atoms with van der Waals surface area (Å²) in [5.41, 5.74) is 0.810. The fourth-order valence-corrected chi connectivity index (χ4v) is 4.51. The molecule has 0 aromatic heterocycles. The molecular formula is C25H30F3N3O3. The van der Waals surface area contributed by atoms with Crippen molar-refractivity contribution in [2.45, 2.75) is 18.8 Å². The van der Waals surface area contributed by atoms with Gasteiger partial charge in [0.05, 0.1) is 30.9 Å². The van der Waals surface area contributed by atoms with Gasteiger partial charge < -0.3 is 14.4 Å². The Morgan fingerprint density at radius 3 is 2.38 bits per heavy atom. The smallest absolute Gasteiger partial charge is 0.416 e. The highest BCUT2D eigenvalue weighted by molar-refractivity contribution is 5.97. The van der Waals surface area contributed by atoms with Gasteiger partial charge in [0, 0.05) is 52.4 Å². The first-order valence-electron chi connectivity index (χ1n) is 11.5. The van der Waals surface area contributed by atoms with Gasteiger partial charge in [-0.25, -0.2) is 0 Å². The third-order valence-electron chi connectivity index (χ3n) is 6.37. The summed E-state index contributed by atoms with van der Waals surface area (Å²) in [6.07, 6.45) is -4.29. The van der Waals surface area contributed by atoms with Gasteiger partial charge in [-0.05, 0) is 29.8 Å². The fourth-order valence-electron chi connectivity index (χ4n) is 4.51. The Labute approximate surface area is 197 Å². The molecule has 34 heavy (non-hydrogen) atoms. The van der Waals surface area contributed by atoms with Gasteiger partial charge in [-0.15, -0.1) is 0 Å². The number of hydrogen-bond donors (Lipinski definition) is 0. The first-order valence-corrected chi connectivity index (χ1v) is 11.5. The molecule has 1 unspecified atom stereocenters. The van der Waals surface area contributed by atoms with Gasteiger partial charge in [0.1, 0.15) is 5.75 Å². The van der Waals surface area contributed by atoms with Crippen molar-refractivity contribution in [3.63, 3.8) is 0 Å². The van der Waals surface area contributed by atoms with Crippen molar-refractivity contribution >= 4 is 5.91 Å². The summed E-state index contributed by atoms with van der Waals surface area (Å²) in [5.74, 6) is 0.562. The molecule has 2 aliphatic heterocycles. The van der Waals surface area contributed by atoms with Crippen molar-refractivity contribution in [3.8, 4) is 5.75 Å². The highest BCUT2D eigenvalue weighted by Crippen LogP contribution is 2.29. The summed E-state index contributed by atoms with van der Waals surface area (Å²) in [6.45, 7) is 6.23. The molecule has 0 N–H and O–H groups in total. The van der Waals surface area contributed by atoms with Crippen LogP contribution in [-0.4, -0.2) is 86.2 Å². The number of methoxy groups -OCH3 is 1. The first kappa shape index (κ1) is 24.5. The molecule has 184 valence electrons. The zero-order valence-corrected chi connectivity index (χ0v) is 19.3. The minimum atomic E-state index is -4.32. The van der Waals surface area contributed by atoms with Gasteiger partial charge in [-0.2, -0.15) is 13.2 Å². The lowest BCUT2D eigenvalue weighted by molar-refractivity contribution is -0.137. The number of piperazine rings is 1. The summed E-state index contributed by atoms with van der Waals surface area (Å²) >= 11 is 0. The van der Waals surface area contributed by atoms with E-state index in [1.54, 1.807) is 31.4 Å². The number of morpholine rings is 1. The zero-order chi connectivity index (χ0) is 24.1. The molecule has 0 aliphatic carbocycles. The number of amides is 1. The largest absolute Gasteiger partial charge is 0.496 e. The fraction of sp³-hybridized carbons (Fsp3) is 0.480. The van der Waals surface area contributed by atoms with Gasteiger partial charge in [0.15, 0.2) is 0 Å². The van der Waals surface area contributed by atoms with E-state index in [0.717, 1.165) is 50.4 Å². The maximum Gasteiger partial charge on any atom is 0.416 e. The van der Waals surface area contributed by atoms with Crippen molar-refractivity contribution in [1.29, 1.82) is 0 Å². The number of carbonyl (C=O) groups is 1. The molecule has 4 rings (SSSR count). The summed E-state index contributed by atoms with van der Waals surface area (Å²) < 4.78 is 49.6. The molecule has 0 saturated carbocycles. The molecule has 2 aromatic rings. The predicted molar refractivity (Wildman–Crippen MR) is 122 cm³/mol. The van der Waals surface area contributed by atoms with Crippen LogP contribution in [0.2, 0.25) is 0 Å². The topological polar surface area (TPSA) is 45.2 Å². The number of halogens is 3. The minimum absolute atomic E-state index is 0.0197. The minimum Gasteiger partial charge on any atom is -0.496 e. The van der Waals surface area contributed by atoms with Crippen LogP contribution in [0.1, 0.15) is 21.5 Å². The maximum absolute atomic E-state index is 12.9. The Balaban J connectivity index is 1.25. The molecule has 2 aliphatic rings. The SMILES string of the molecule is COc1ccccc1C(=O)N1CCN(CC2CN(Cc3ccc(C(F)(F)F)cc3)CCO2)CC1. The molecule has 0 spiro atoms. The summed E-state index contributed by atoms with van der Waals surface area (Å²) in [6, 6.07) is 12.6. The van der Waals surface area contributed by atoms with E-state index in [-0.39, 0.29) is 12.0 Å². The Bertz CT molecular complexity index is 960. The van der Waals surface area contributed by atoms with Crippen molar-refractivity contribution in [3.05, 3.63) is 65.2 Å². The average molecular weight is 478 g/mol. The Morgan fingerprint density at radius 1 is 1.00 bits per heavy atom. The van der Waals surface area contributed by atoms with Crippen LogP contribution >= 0.6 is 0 Å². The third kappa shape index (κ3) is 6.08. The van der Waals surface area contributed by atoms with Crippen molar-refractivity contribution in [2.75, 3.05) is 59.5 Å². The summed E-state index contributed by atoms with van der Waals surface area (Å²) in [4.78, 5) is 19.3. The van der Waals surface area contributed by atoms with Gasteiger partial charge in [-0.1, -0.05) is 24.3 Å². The monoisotopic (exact) mass is 477 g/mol. The Hall–Kier alpha value is -2.62.